The lowest BCUT2D eigenvalue weighted by Gasteiger charge is -2.30. The summed E-state index contributed by atoms with van der Waals surface area (Å²) < 4.78 is 9.47. The van der Waals surface area contributed by atoms with Crippen LogP contribution in [0.5, 0.6) is 0 Å². The molecule has 1 saturated heterocycles. The fourth-order valence-electron chi connectivity index (χ4n) is 3.06. The highest BCUT2D eigenvalue weighted by atomic mass is 16.5. The summed E-state index contributed by atoms with van der Waals surface area (Å²) in [5.41, 5.74) is 2.57. The minimum atomic E-state index is -0.0763. The first-order valence-corrected chi connectivity index (χ1v) is 8.38. The van der Waals surface area contributed by atoms with Gasteiger partial charge in [0.1, 0.15) is 11.8 Å². The molecule has 0 spiro atoms. The maximum Gasteiger partial charge on any atom is 0.269 e. The Morgan fingerprint density at radius 2 is 2.21 bits per heavy atom. The molecule has 0 radical (unpaired) electrons. The van der Waals surface area contributed by atoms with Crippen molar-refractivity contribution in [3.05, 3.63) is 35.7 Å². The molecule has 0 aromatic carbocycles. The Bertz CT molecular complexity index is 718. The predicted molar refractivity (Wildman–Crippen MR) is 89.7 cm³/mol. The number of amides is 1. The first-order valence-electron chi connectivity index (χ1n) is 8.38. The zero-order valence-electron chi connectivity index (χ0n) is 14.7. The molecule has 3 heterocycles. The number of imidazole rings is 1. The summed E-state index contributed by atoms with van der Waals surface area (Å²) in [5.74, 6) is 0.225. The fourth-order valence-corrected chi connectivity index (χ4v) is 3.06. The molecular weight excluding hydrogens is 306 g/mol. The van der Waals surface area contributed by atoms with E-state index >= 15 is 0 Å². The quantitative estimate of drug-likeness (QED) is 0.929. The fraction of sp³-hybridized carbons (Fsp3) is 0.588. The summed E-state index contributed by atoms with van der Waals surface area (Å²) in [6, 6.07) is 1.96. The standard InChI is InChI=1S/C17H25N5O2/c1-11(2)13-8-14(22(4)20-13)17(23)19-12-5-6-24-16(7-12)15-9-18-10-21(15)3/h8-12,16H,5-7H2,1-4H3,(H,19,23)/t12-,16-/m0/s1. The van der Waals surface area contributed by atoms with E-state index < -0.39 is 0 Å². The van der Waals surface area contributed by atoms with Crippen LogP contribution in [0.15, 0.2) is 18.6 Å². The zero-order valence-corrected chi connectivity index (χ0v) is 14.7. The third-order valence-electron chi connectivity index (χ3n) is 4.53. The lowest BCUT2D eigenvalue weighted by molar-refractivity contribution is -0.00307. The van der Waals surface area contributed by atoms with Gasteiger partial charge in [0.15, 0.2) is 0 Å². The van der Waals surface area contributed by atoms with E-state index in [9.17, 15) is 4.79 Å². The van der Waals surface area contributed by atoms with Crippen molar-refractivity contribution in [2.75, 3.05) is 6.61 Å². The molecule has 1 aliphatic rings. The van der Waals surface area contributed by atoms with E-state index in [0.29, 0.717) is 18.2 Å². The van der Waals surface area contributed by atoms with E-state index in [1.807, 2.05) is 30.9 Å². The van der Waals surface area contributed by atoms with E-state index in [0.717, 1.165) is 24.2 Å². The van der Waals surface area contributed by atoms with Gasteiger partial charge in [0.05, 0.1) is 23.9 Å². The molecule has 130 valence electrons. The molecule has 1 N–H and O–H groups in total. The molecule has 2 aromatic heterocycles. The number of ether oxygens (including phenoxy) is 1. The Morgan fingerprint density at radius 3 is 2.83 bits per heavy atom. The maximum absolute atomic E-state index is 12.6. The van der Waals surface area contributed by atoms with Gasteiger partial charge >= 0.3 is 0 Å². The van der Waals surface area contributed by atoms with Crippen LogP contribution in [0.2, 0.25) is 0 Å². The van der Waals surface area contributed by atoms with Gasteiger partial charge in [-0.05, 0) is 24.8 Å². The first-order chi connectivity index (χ1) is 11.5. The van der Waals surface area contributed by atoms with Crippen LogP contribution < -0.4 is 5.32 Å². The number of rotatable bonds is 4. The van der Waals surface area contributed by atoms with Gasteiger partial charge in [-0.15, -0.1) is 0 Å². The van der Waals surface area contributed by atoms with Gasteiger partial charge in [0, 0.05) is 26.7 Å². The molecular formula is C17H25N5O2. The highest BCUT2D eigenvalue weighted by Crippen LogP contribution is 2.27. The summed E-state index contributed by atoms with van der Waals surface area (Å²) in [7, 11) is 3.76. The molecule has 3 rings (SSSR count). The van der Waals surface area contributed by atoms with Gasteiger partial charge in [0.2, 0.25) is 0 Å². The second-order valence-corrected chi connectivity index (χ2v) is 6.72. The molecule has 0 unspecified atom stereocenters. The van der Waals surface area contributed by atoms with Crippen molar-refractivity contribution in [3.63, 3.8) is 0 Å². The number of aromatic nitrogens is 4. The smallest absolute Gasteiger partial charge is 0.269 e. The van der Waals surface area contributed by atoms with Crippen molar-refractivity contribution in [2.24, 2.45) is 14.1 Å². The van der Waals surface area contributed by atoms with Crippen molar-refractivity contribution < 1.29 is 9.53 Å². The predicted octanol–water partition coefficient (Wildman–Crippen LogP) is 1.93. The number of carbonyl (C=O) groups excluding carboxylic acids is 1. The number of hydrogen-bond donors (Lipinski definition) is 1. The van der Waals surface area contributed by atoms with E-state index in [4.69, 9.17) is 4.74 Å². The molecule has 0 saturated carbocycles. The largest absolute Gasteiger partial charge is 0.372 e. The van der Waals surface area contributed by atoms with Crippen LogP contribution in [0.1, 0.15) is 60.6 Å². The number of hydrogen-bond acceptors (Lipinski definition) is 4. The molecule has 2 atom stereocenters. The average Bonchev–Trinajstić information content (AvgIpc) is 3.13. The molecule has 2 aromatic rings. The molecule has 1 aliphatic heterocycles. The Balaban J connectivity index is 1.67. The van der Waals surface area contributed by atoms with Crippen LogP contribution in [-0.2, 0) is 18.8 Å². The molecule has 7 heteroatoms. The van der Waals surface area contributed by atoms with Gasteiger partial charge in [-0.25, -0.2) is 4.98 Å². The Kier molecular flexibility index (Phi) is 4.71. The number of nitrogens with one attached hydrogen (secondary N) is 1. The van der Waals surface area contributed by atoms with E-state index in [2.05, 4.69) is 29.2 Å². The zero-order chi connectivity index (χ0) is 17.3. The molecule has 1 amide bonds. The normalized spacial score (nSPS) is 21.2. The summed E-state index contributed by atoms with van der Waals surface area (Å²) in [6.45, 7) is 4.77. The van der Waals surface area contributed by atoms with Gasteiger partial charge < -0.3 is 14.6 Å². The van der Waals surface area contributed by atoms with Crippen molar-refractivity contribution in [1.82, 2.24) is 24.6 Å². The summed E-state index contributed by atoms with van der Waals surface area (Å²) in [5, 5.41) is 7.54. The van der Waals surface area contributed by atoms with Crippen LogP contribution in [0.3, 0.4) is 0 Å². The monoisotopic (exact) mass is 331 g/mol. The number of aryl methyl sites for hydroxylation is 2. The summed E-state index contributed by atoms with van der Waals surface area (Å²) in [4.78, 5) is 16.7. The lowest BCUT2D eigenvalue weighted by atomic mass is 10.0. The Hall–Kier alpha value is -2.15. The van der Waals surface area contributed by atoms with Gasteiger partial charge in [0.25, 0.3) is 5.91 Å². The second kappa shape index (κ2) is 6.76. The molecule has 0 aliphatic carbocycles. The van der Waals surface area contributed by atoms with Gasteiger partial charge in [-0.3, -0.25) is 9.48 Å². The van der Waals surface area contributed by atoms with Crippen LogP contribution >= 0.6 is 0 Å². The van der Waals surface area contributed by atoms with Crippen LogP contribution in [0, 0.1) is 0 Å². The average molecular weight is 331 g/mol. The van der Waals surface area contributed by atoms with E-state index in [-0.39, 0.29) is 18.1 Å². The van der Waals surface area contributed by atoms with E-state index in [1.54, 1.807) is 11.0 Å². The van der Waals surface area contributed by atoms with Crippen molar-refractivity contribution >= 4 is 5.91 Å². The number of nitrogens with zero attached hydrogens (tertiary/aromatic N) is 4. The second-order valence-electron chi connectivity index (χ2n) is 6.72. The highest BCUT2D eigenvalue weighted by molar-refractivity contribution is 5.92. The third-order valence-corrected chi connectivity index (χ3v) is 4.53. The molecule has 7 nitrogen and oxygen atoms in total. The topological polar surface area (TPSA) is 74.0 Å². The highest BCUT2D eigenvalue weighted by Gasteiger charge is 2.28. The SMILES string of the molecule is CC(C)c1cc(C(=O)N[C@H]2CCO[C@H](c3cncn3C)C2)n(C)n1. The molecule has 1 fully saturated rings. The van der Waals surface area contributed by atoms with E-state index in [1.165, 1.54) is 0 Å². The van der Waals surface area contributed by atoms with Gasteiger partial charge in [-0.1, -0.05) is 13.8 Å². The van der Waals surface area contributed by atoms with Crippen molar-refractivity contribution in [2.45, 2.75) is 44.8 Å². The third kappa shape index (κ3) is 3.36. The lowest BCUT2D eigenvalue weighted by Crippen LogP contribution is -2.40. The number of carbonyl (C=O) groups is 1. The maximum atomic E-state index is 12.6. The van der Waals surface area contributed by atoms with Crippen molar-refractivity contribution in [3.8, 4) is 0 Å². The van der Waals surface area contributed by atoms with Gasteiger partial charge in [-0.2, -0.15) is 5.10 Å². The summed E-state index contributed by atoms with van der Waals surface area (Å²) in [6.07, 6.45) is 5.12. The van der Waals surface area contributed by atoms with Crippen molar-refractivity contribution in [1.29, 1.82) is 0 Å². The van der Waals surface area contributed by atoms with Crippen LogP contribution in [-0.4, -0.2) is 37.9 Å². The van der Waals surface area contributed by atoms with Crippen LogP contribution in [0.4, 0.5) is 0 Å². The van der Waals surface area contributed by atoms with Crippen LogP contribution in [0.25, 0.3) is 0 Å². The molecule has 24 heavy (non-hydrogen) atoms. The Morgan fingerprint density at radius 1 is 1.42 bits per heavy atom. The summed E-state index contributed by atoms with van der Waals surface area (Å²) >= 11 is 0. The first kappa shape index (κ1) is 16.7. The molecule has 0 bridgehead atoms. The Labute approximate surface area is 142 Å². The minimum Gasteiger partial charge on any atom is -0.372 e. The minimum absolute atomic E-state index is 0.0330.